The minimum Gasteiger partial charge on any atom is -0.389 e. The maximum absolute atomic E-state index is 12.4. The van der Waals surface area contributed by atoms with E-state index in [1.807, 2.05) is 35.7 Å². The molecular formula is C22H23N7O2S. The summed E-state index contributed by atoms with van der Waals surface area (Å²) < 4.78 is 1.54. The lowest BCUT2D eigenvalue weighted by atomic mass is 10.1. The number of hydrogen-bond donors (Lipinski definition) is 1. The van der Waals surface area contributed by atoms with Gasteiger partial charge in [0.2, 0.25) is 11.7 Å². The summed E-state index contributed by atoms with van der Waals surface area (Å²) >= 11 is 1.37. The molecule has 2 aliphatic carbocycles. The van der Waals surface area contributed by atoms with E-state index in [0.29, 0.717) is 34.2 Å². The normalized spacial score (nSPS) is 16.0. The molecular weight excluding hydrogens is 426 g/mol. The van der Waals surface area contributed by atoms with Crippen LogP contribution in [0, 0.1) is 11.8 Å². The zero-order chi connectivity index (χ0) is 21.9. The van der Waals surface area contributed by atoms with Crippen LogP contribution in [-0.4, -0.2) is 36.8 Å². The third-order valence-corrected chi connectivity index (χ3v) is 6.23. The highest BCUT2D eigenvalue weighted by Crippen LogP contribution is 2.48. The Kier molecular flexibility index (Phi) is 5.76. The summed E-state index contributed by atoms with van der Waals surface area (Å²) in [6.07, 6.45) is 6.64. The Labute approximate surface area is 189 Å². The highest BCUT2D eigenvalue weighted by atomic mass is 32.1. The minimum absolute atomic E-state index is 0.0974. The van der Waals surface area contributed by atoms with Crippen LogP contribution < -0.4 is 5.32 Å². The third-order valence-electron chi connectivity index (χ3n) is 5.42. The first-order valence-corrected chi connectivity index (χ1v) is 11.5. The molecule has 1 N–H and O–H groups in total. The second kappa shape index (κ2) is 8.99. The Bertz CT molecular complexity index is 1150. The second-order valence-corrected chi connectivity index (χ2v) is 8.89. The van der Waals surface area contributed by atoms with Gasteiger partial charge in [-0.3, -0.25) is 10.1 Å². The summed E-state index contributed by atoms with van der Waals surface area (Å²) in [7, 11) is 1.75. The van der Waals surface area contributed by atoms with Crippen molar-refractivity contribution in [1.82, 2.24) is 25.2 Å². The molecule has 164 valence electrons. The molecule has 0 saturated heterocycles. The van der Waals surface area contributed by atoms with Crippen LogP contribution in [0.5, 0.6) is 0 Å². The van der Waals surface area contributed by atoms with Crippen LogP contribution in [0.2, 0.25) is 0 Å². The fraction of sp³-hybridized carbons (Fsp3) is 0.364. The Morgan fingerprint density at radius 1 is 1.25 bits per heavy atom. The predicted molar refractivity (Wildman–Crippen MR) is 120 cm³/mol. The molecule has 0 atom stereocenters. The van der Waals surface area contributed by atoms with E-state index in [9.17, 15) is 4.79 Å². The van der Waals surface area contributed by atoms with Crippen molar-refractivity contribution in [2.24, 2.45) is 24.0 Å². The molecule has 2 saturated carbocycles. The number of nitrogens with zero attached hydrogens (tertiary/aromatic N) is 6. The summed E-state index contributed by atoms with van der Waals surface area (Å²) in [5.74, 6) is 1.64. The number of anilines is 1. The number of oxime groups is 1. The van der Waals surface area contributed by atoms with E-state index in [-0.39, 0.29) is 12.5 Å². The van der Waals surface area contributed by atoms with E-state index in [1.165, 1.54) is 47.3 Å². The van der Waals surface area contributed by atoms with Crippen molar-refractivity contribution in [2.75, 3.05) is 5.32 Å². The Balaban J connectivity index is 1.23. The molecule has 1 aromatic carbocycles. The highest BCUT2D eigenvalue weighted by molar-refractivity contribution is 7.13. The molecule has 5 rings (SSSR count). The van der Waals surface area contributed by atoms with Crippen molar-refractivity contribution < 1.29 is 9.63 Å². The lowest BCUT2D eigenvalue weighted by Crippen LogP contribution is -2.12. The molecule has 2 aliphatic rings. The Hall–Kier alpha value is -3.40. The number of thiazole rings is 1. The van der Waals surface area contributed by atoms with Crippen molar-refractivity contribution in [3.05, 3.63) is 64.4 Å². The largest absolute Gasteiger partial charge is 0.389 e. The van der Waals surface area contributed by atoms with Crippen molar-refractivity contribution in [3.8, 4) is 0 Å². The maximum Gasteiger partial charge on any atom is 0.250 e. The molecule has 3 aromatic rings. The zero-order valence-electron chi connectivity index (χ0n) is 17.6. The van der Waals surface area contributed by atoms with Crippen molar-refractivity contribution in [2.45, 2.75) is 32.3 Å². The van der Waals surface area contributed by atoms with Crippen molar-refractivity contribution >= 4 is 28.1 Å². The first-order valence-electron chi connectivity index (χ1n) is 10.6. The quantitative estimate of drug-likeness (QED) is 0.305. The number of nitrogens with one attached hydrogen (secondary N) is 1. The molecule has 0 aliphatic heterocycles. The molecule has 0 radical (unpaired) electrons. The van der Waals surface area contributed by atoms with Crippen LogP contribution in [0.15, 0.2) is 52.5 Å². The second-order valence-electron chi connectivity index (χ2n) is 8.03. The first-order chi connectivity index (χ1) is 15.7. The van der Waals surface area contributed by atoms with Gasteiger partial charge in [0.05, 0.1) is 5.69 Å². The zero-order valence-corrected chi connectivity index (χ0v) is 18.5. The van der Waals surface area contributed by atoms with Gasteiger partial charge in [-0.2, -0.15) is 0 Å². The summed E-state index contributed by atoms with van der Waals surface area (Å²) in [5, 5.41) is 21.2. The first kappa shape index (κ1) is 20.5. The molecule has 2 heterocycles. The number of aromatic nitrogens is 5. The molecule has 2 aromatic heterocycles. The molecule has 0 unspecified atom stereocenters. The van der Waals surface area contributed by atoms with E-state index in [2.05, 4.69) is 31.0 Å². The maximum atomic E-state index is 12.4. The van der Waals surface area contributed by atoms with E-state index in [1.54, 1.807) is 13.1 Å². The highest BCUT2D eigenvalue weighted by Gasteiger charge is 2.36. The summed E-state index contributed by atoms with van der Waals surface area (Å²) in [6, 6.07) is 9.58. The number of tetrazole rings is 1. The molecule has 0 spiro atoms. The number of hydrogen-bond acceptors (Lipinski definition) is 8. The molecule has 9 nitrogen and oxygen atoms in total. The standard InChI is InChI=1S/C22H23N7O2S/c1-29-21(25-27-28-29)20(16-5-3-2-4-6-16)26-31-12-17-13-32-22(23-17)24-19(30)11-18(14-7-8-14)15-9-10-15/h2-6,11,13-15H,7-10,12H2,1H3,(H,23,24,30)/b26-20+. The van der Waals surface area contributed by atoms with Crippen LogP contribution in [0.3, 0.4) is 0 Å². The Morgan fingerprint density at radius 2 is 2.00 bits per heavy atom. The average Bonchev–Trinajstić information content (AvgIpc) is 3.73. The predicted octanol–water partition coefficient (Wildman–Crippen LogP) is 3.32. The van der Waals surface area contributed by atoms with Gasteiger partial charge in [-0.05, 0) is 47.9 Å². The monoisotopic (exact) mass is 449 g/mol. The number of aryl methyl sites for hydroxylation is 1. The average molecular weight is 450 g/mol. The molecule has 2 fully saturated rings. The summed E-state index contributed by atoms with van der Waals surface area (Å²) in [5.41, 5.74) is 3.38. The van der Waals surface area contributed by atoms with Crippen LogP contribution in [0.4, 0.5) is 5.13 Å². The van der Waals surface area contributed by atoms with Gasteiger partial charge >= 0.3 is 0 Å². The number of rotatable bonds is 9. The summed E-state index contributed by atoms with van der Waals surface area (Å²) in [4.78, 5) is 22.4. The molecule has 32 heavy (non-hydrogen) atoms. The fourth-order valence-corrected chi connectivity index (χ4v) is 4.24. The summed E-state index contributed by atoms with van der Waals surface area (Å²) in [6.45, 7) is 0.166. The van der Waals surface area contributed by atoms with Crippen LogP contribution >= 0.6 is 11.3 Å². The SMILES string of the molecule is Cn1nnnc1/C(=N/OCc1csc(NC(=O)C=C(C2CC2)C2CC2)n1)c1ccccc1. The van der Waals surface area contributed by atoms with Crippen molar-refractivity contribution in [1.29, 1.82) is 0 Å². The number of amides is 1. The number of allylic oxidation sites excluding steroid dienone is 1. The van der Waals surface area contributed by atoms with Gasteiger partial charge < -0.3 is 4.84 Å². The number of benzene rings is 1. The number of carbonyl (C=O) groups excluding carboxylic acids is 1. The van der Waals surface area contributed by atoms with Gasteiger partial charge in [-0.15, -0.1) is 16.4 Å². The van der Waals surface area contributed by atoms with Crippen molar-refractivity contribution in [3.63, 3.8) is 0 Å². The topological polar surface area (TPSA) is 107 Å². The van der Waals surface area contributed by atoms with Gasteiger partial charge in [0, 0.05) is 24.1 Å². The van der Waals surface area contributed by atoms with Gasteiger partial charge in [-0.25, -0.2) is 9.67 Å². The minimum atomic E-state index is -0.0974. The number of carbonyl (C=O) groups is 1. The van der Waals surface area contributed by atoms with E-state index in [4.69, 9.17) is 4.84 Å². The lowest BCUT2D eigenvalue weighted by molar-refractivity contribution is -0.112. The van der Waals surface area contributed by atoms with Crippen LogP contribution in [0.1, 0.15) is 42.8 Å². The molecule has 1 amide bonds. The fourth-order valence-electron chi connectivity index (χ4n) is 3.54. The van der Waals surface area contributed by atoms with Gasteiger partial charge in [0.1, 0.15) is 0 Å². The van der Waals surface area contributed by atoms with Crippen LogP contribution in [-0.2, 0) is 23.3 Å². The van der Waals surface area contributed by atoms with E-state index >= 15 is 0 Å². The van der Waals surface area contributed by atoms with E-state index in [0.717, 1.165) is 5.56 Å². The molecule has 0 bridgehead atoms. The van der Waals surface area contributed by atoms with Crippen LogP contribution in [0.25, 0.3) is 0 Å². The Morgan fingerprint density at radius 3 is 2.66 bits per heavy atom. The van der Waals surface area contributed by atoms with Gasteiger partial charge in [0.15, 0.2) is 17.5 Å². The van der Waals surface area contributed by atoms with E-state index < -0.39 is 0 Å². The third kappa shape index (κ3) is 4.91. The smallest absolute Gasteiger partial charge is 0.250 e. The van der Waals surface area contributed by atoms with Gasteiger partial charge in [0.25, 0.3) is 0 Å². The molecule has 10 heteroatoms. The lowest BCUT2D eigenvalue weighted by Gasteiger charge is -2.05. The van der Waals surface area contributed by atoms with Gasteiger partial charge in [-0.1, -0.05) is 41.1 Å².